The van der Waals surface area contributed by atoms with Gasteiger partial charge >= 0.3 is 11.9 Å². The molecule has 2 N–H and O–H groups in total. The van der Waals surface area contributed by atoms with Crippen molar-refractivity contribution in [3.05, 3.63) is 41.1 Å². The molecule has 1 heterocycles. The summed E-state index contributed by atoms with van der Waals surface area (Å²) in [6.45, 7) is 3.35. The Bertz CT molecular complexity index is 923. The van der Waals surface area contributed by atoms with Crippen molar-refractivity contribution >= 4 is 34.4 Å². The topological polar surface area (TPSA) is 106 Å². The summed E-state index contributed by atoms with van der Waals surface area (Å²) in [6, 6.07) is 7.36. The summed E-state index contributed by atoms with van der Waals surface area (Å²) in [7, 11) is 0. The molecule has 2 aromatic rings. The Morgan fingerprint density at radius 1 is 1.15 bits per heavy atom. The number of nitrogens with one attached hydrogen (secondary N) is 1. The second-order valence-electron chi connectivity index (χ2n) is 5.84. The van der Waals surface area contributed by atoms with Crippen molar-refractivity contribution in [3.8, 4) is 0 Å². The van der Waals surface area contributed by atoms with E-state index in [1.165, 1.54) is 0 Å². The van der Waals surface area contributed by atoms with E-state index in [2.05, 4.69) is 4.98 Å². The van der Waals surface area contributed by atoms with Crippen LogP contribution in [0.1, 0.15) is 25.1 Å². The lowest BCUT2D eigenvalue weighted by Gasteiger charge is -2.23. The summed E-state index contributed by atoms with van der Waals surface area (Å²) in [6.07, 6.45) is 0.142. The van der Waals surface area contributed by atoms with Crippen LogP contribution in [-0.2, 0) is 30.3 Å². The first-order chi connectivity index (χ1) is 12.5. The van der Waals surface area contributed by atoms with Gasteiger partial charge in [0.15, 0.2) is 0 Å². The smallest absolute Gasteiger partial charge is 0.379 e. The highest BCUT2D eigenvalue weighted by molar-refractivity contribution is 6.42. The average Bonchev–Trinajstić information content (AvgIpc) is 3.00. The van der Waals surface area contributed by atoms with E-state index < -0.39 is 29.4 Å². The van der Waals surface area contributed by atoms with Crippen LogP contribution in [0.5, 0.6) is 0 Å². The molecule has 0 saturated heterocycles. The zero-order valence-corrected chi connectivity index (χ0v) is 14.5. The predicted molar refractivity (Wildman–Crippen MR) is 93.3 cm³/mol. The Morgan fingerprint density at radius 3 is 2.54 bits per heavy atom. The van der Waals surface area contributed by atoms with Crippen molar-refractivity contribution in [2.75, 3.05) is 13.2 Å². The number of esters is 2. The summed E-state index contributed by atoms with van der Waals surface area (Å²) in [5, 5.41) is 11.5. The second kappa shape index (κ2) is 7.03. The molecule has 1 aromatic carbocycles. The van der Waals surface area contributed by atoms with Gasteiger partial charge in [-0.3, -0.25) is 9.59 Å². The van der Waals surface area contributed by atoms with Gasteiger partial charge in [-0.2, -0.15) is 0 Å². The predicted octanol–water partition coefficient (Wildman–Crippen LogP) is 2.30. The van der Waals surface area contributed by atoms with Gasteiger partial charge in [0.1, 0.15) is 5.76 Å². The van der Waals surface area contributed by atoms with E-state index in [0.29, 0.717) is 11.3 Å². The lowest BCUT2D eigenvalue weighted by molar-refractivity contribution is -0.153. The minimum Gasteiger partial charge on any atom is -0.505 e. The first-order valence-electron chi connectivity index (χ1n) is 8.40. The maximum absolute atomic E-state index is 12.5. The number of H-pyrrole nitrogens is 1. The van der Waals surface area contributed by atoms with Crippen LogP contribution in [0.25, 0.3) is 16.7 Å². The molecule has 1 aliphatic carbocycles. The third kappa shape index (κ3) is 2.85. The van der Waals surface area contributed by atoms with Gasteiger partial charge in [0.25, 0.3) is 5.78 Å². The van der Waals surface area contributed by atoms with E-state index in [1.54, 1.807) is 13.8 Å². The molecule has 1 aliphatic rings. The van der Waals surface area contributed by atoms with E-state index >= 15 is 0 Å². The van der Waals surface area contributed by atoms with Gasteiger partial charge in [-0.15, -0.1) is 0 Å². The molecule has 7 nitrogen and oxygen atoms in total. The number of benzene rings is 1. The van der Waals surface area contributed by atoms with Crippen molar-refractivity contribution in [3.63, 3.8) is 0 Å². The zero-order valence-electron chi connectivity index (χ0n) is 14.5. The molecule has 1 aromatic heterocycles. The van der Waals surface area contributed by atoms with Crippen LogP contribution in [-0.4, -0.2) is 41.0 Å². The summed E-state index contributed by atoms with van der Waals surface area (Å²) < 4.78 is 9.80. The van der Waals surface area contributed by atoms with Crippen LogP contribution in [0.3, 0.4) is 0 Å². The van der Waals surface area contributed by atoms with Crippen molar-refractivity contribution in [2.24, 2.45) is 5.92 Å². The maximum atomic E-state index is 12.5. The largest absolute Gasteiger partial charge is 0.505 e. The van der Waals surface area contributed by atoms with Gasteiger partial charge in [-0.1, -0.05) is 18.2 Å². The summed E-state index contributed by atoms with van der Waals surface area (Å²) >= 11 is 0. The van der Waals surface area contributed by atoms with Gasteiger partial charge < -0.3 is 19.6 Å². The Hall–Kier alpha value is -3.09. The minimum atomic E-state index is -1.11. The summed E-state index contributed by atoms with van der Waals surface area (Å²) in [5.41, 5.74) is 1.51. The Kier molecular flexibility index (Phi) is 4.79. The number of ketones is 1. The number of aliphatic hydroxyl groups is 1. The molecule has 136 valence electrons. The normalized spacial score (nSPS) is 16.3. The number of carbonyl (C=O) groups is 3. The zero-order chi connectivity index (χ0) is 18.8. The quantitative estimate of drug-likeness (QED) is 0.628. The fraction of sp³-hybridized carbons (Fsp3) is 0.316. The molecular formula is C19H19NO6. The van der Waals surface area contributed by atoms with Gasteiger partial charge in [0.2, 0.25) is 0 Å². The van der Waals surface area contributed by atoms with Crippen LogP contribution in [0.2, 0.25) is 0 Å². The monoisotopic (exact) mass is 357 g/mol. The number of hydrogen-bond acceptors (Lipinski definition) is 6. The number of aromatic nitrogens is 1. The summed E-state index contributed by atoms with van der Waals surface area (Å²) in [4.78, 5) is 39.9. The number of ether oxygens (including phenoxy) is 2. The maximum Gasteiger partial charge on any atom is 0.379 e. The SMILES string of the molecule is CCOC(=O)C(=O)C1=C(O)c2[nH]c3ccccc3c2CC1C(=O)OCC. The number of aliphatic hydroxyl groups excluding tert-OH is 1. The van der Waals surface area contributed by atoms with Gasteiger partial charge in [-0.05, 0) is 31.9 Å². The molecule has 1 unspecified atom stereocenters. The molecule has 7 heteroatoms. The first kappa shape index (κ1) is 17.7. The van der Waals surface area contributed by atoms with Crippen LogP contribution in [0.15, 0.2) is 29.8 Å². The summed E-state index contributed by atoms with van der Waals surface area (Å²) in [5.74, 6) is -4.30. The fourth-order valence-corrected chi connectivity index (χ4v) is 3.24. The van der Waals surface area contributed by atoms with Crippen molar-refractivity contribution in [1.82, 2.24) is 4.98 Å². The highest BCUT2D eigenvalue weighted by Crippen LogP contribution is 2.38. The minimum absolute atomic E-state index is 0.0142. The van der Waals surface area contributed by atoms with Gasteiger partial charge in [0.05, 0.1) is 30.4 Å². The molecule has 0 bridgehead atoms. The number of rotatable bonds is 5. The van der Waals surface area contributed by atoms with Crippen molar-refractivity contribution in [2.45, 2.75) is 20.3 Å². The number of Topliss-reactive ketones (excluding diaryl/α,β-unsaturated/α-hetero) is 1. The molecule has 3 rings (SSSR count). The first-order valence-corrected chi connectivity index (χ1v) is 8.40. The standard InChI is InChI=1S/C19H19NO6/c1-3-25-18(23)12-9-11-10-7-5-6-8-13(10)20-15(11)16(21)14(12)17(22)19(24)26-4-2/h5-8,12,20-21H,3-4,9H2,1-2H3. The lowest BCUT2D eigenvalue weighted by Crippen LogP contribution is -2.33. The second-order valence-corrected chi connectivity index (χ2v) is 5.84. The molecule has 0 fully saturated rings. The highest BCUT2D eigenvalue weighted by Gasteiger charge is 2.41. The van der Waals surface area contributed by atoms with E-state index in [1.807, 2.05) is 24.3 Å². The molecule has 0 spiro atoms. The number of carbonyl (C=O) groups excluding carboxylic acids is 3. The number of hydrogen-bond donors (Lipinski definition) is 2. The molecular weight excluding hydrogens is 338 g/mol. The molecule has 0 aliphatic heterocycles. The van der Waals surface area contributed by atoms with Crippen LogP contribution in [0, 0.1) is 5.92 Å². The van der Waals surface area contributed by atoms with E-state index in [0.717, 1.165) is 10.9 Å². The molecule has 1 atom stereocenters. The molecule has 0 amide bonds. The third-order valence-electron chi connectivity index (χ3n) is 4.34. The Morgan fingerprint density at radius 2 is 1.85 bits per heavy atom. The van der Waals surface area contributed by atoms with Gasteiger partial charge in [0, 0.05) is 10.9 Å². The number of fused-ring (bicyclic) bond motifs is 3. The average molecular weight is 357 g/mol. The van der Waals surface area contributed by atoms with Crippen molar-refractivity contribution in [1.29, 1.82) is 0 Å². The molecule has 0 radical (unpaired) electrons. The third-order valence-corrected chi connectivity index (χ3v) is 4.34. The molecule has 26 heavy (non-hydrogen) atoms. The van der Waals surface area contributed by atoms with E-state index in [9.17, 15) is 19.5 Å². The van der Waals surface area contributed by atoms with Crippen LogP contribution >= 0.6 is 0 Å². The number of aromatic amines is 1. The Balaban J connectivity index is 2.17. The van der Waals surface area contributed by atoms with E-state index in [-0.39, 0.29) is 25.2 Å². The lowest BCUT2D eigenvalue weighted by atomic mass is 9.82. The van der Waals surface area contributed by atoms with Crippen molar-refractivity contribution < 1.29 is 29.0 Å². The van der Waals surface area contributed by atoms with E-state index in [4.69, 9.17) is 9.47 Å². The van der Waals surface area contributed by atoms with Gasteiger partial charge in [-0.25, -0.2) is 4.79 Å². The fourth-order valence-electron chi connectivity index (χ4n) is 3.24. The van der Waals surface area contributed by atoms with Crippen LogP contribution in [0.4, 0.5) is 0 Å². The van der Waals surface area contributed by atoms with Crippen LogP contribution < -0.4 is 0 Å². The number of para-hydroxylation sites is 1. The Labute approximate surface area is 149 Å². The highest BCUT2D eigenvalue weighted by atomic mass is 16.5. The molecule has 0 saturated carbocycles.